The van der Waals surface area contributed by atoms with Gasteiger partial charge >= 0.3 is 45.2 Å². The largest absolute Gasteiger partial charge is 0.468 e. The van der Waals surface area contributed by atoms with Gasteiger partial charge in [-0.1, -0.05) is 24.3 Å². The molecule has 0 aliphatic rings. The van der Waals surface area contributed by atoms with Crippen LogP contribution >= 0.6 is 0 Å². The molecule has 1 N–H and O–H groups in total. The molecule has 1 aromatic rings. The molecule has 198 valence electrons. The fourth-order valence-corrected chi connectivity index (χ4v) is 2.71. The Bertz CT molecular complexity index is 1050. The average Bonchev–Trinajstić information content (AvgIpc) is 2.69. The summed E-state index contributed by atoms with van der Waals surface area (Å²) in [7, 11) is -6.58. The van der Waals surface area contributed by atoms with E-state index in [1.54, 1.807) is 6.92 Å². The maximum absolute atomic E-state index is 13.9. The van der Waals surface area contributed by atoms with Crippen LogP contribution in [0.25, 0.3) is 0 Å². The first-order valence-corrected chi connectivity index (χ1v) is 10.7. The molecule has 0 fully saturated rings. The summed E-state index contributed by atoms with van der Waals surface area (Å²) in [5, 5.41) is -5.97. The molecule has 0 aromatic heterocycles. The number of hydrogen-bond acceptors (Lipinski definition) is 7. The average molecular weight is 540 g/mol. The summed E-state index contributed by atoms with van der Waals surface area (Å²) in [5.74, 6) is -14.6. The second-order valence-corrected chi connectivity index (χ2v) is 8.60. The number of benzene rings is 1. The monoisotopic (exact) mass is 540 g/mol. The minimum atomic E-state index is -6.58. The summed E-state index contributed by atoms with van der Waals surface area (Å²) in [6.07, 6.45) is -9.41. The third-order valence-electron chi connectivity index (χ3n) is 4.15. The smallest absolute Gasteiger partial charge is 0.421 e. The Balaban J connectivity index is 3.24. The van der Waals surface area contributed by atoms with E-state index >= 15 is 0 Å². The van der Waals surface area contributed by atoms with E-state index in [9.17, 15) is 48.7 Å². The summed E-state index contributed by atoms with van der Waals surface area (Å²) >= 11 is 0. The normalized spacial score (nSPS) is 14.7. The molecule has 0 amide bonds. The van der Waals surface area contributed by atoms with Gasteiger partial charge < -0.3 is 14.2 Å². The minimum absolute atomic E-state index is 0.455. The first-order chi connectivity index (χ1) is 15.7. The highest BCUT2D eigenvalue weighted by Crippen LogP contribution is 2.42. The van der Waals surface area contributed by atoms with Crippen molar-refractivity contribution in [3.8, 4) is 5.75 Å². The number of aryl methyl sites for hydroxylation is 1. The van der Waals surface area contributed by atoms with Gasteiger partial charge in [-0.05, 0) is 32.4 Å². The van der Waals surface area contributed by atoms with Gasteiger partial charge in [-0.15, -0.1) is 0 Å². The lowest BCUT2D eigenvalue weighted by Crippen LogP contribution is -2.59. The van der Waals surface area contributed by atoms with Crippen LogP contribution in [0.15, 0.2) is 36.4 Å². The second-order valence-electron chi connectivity index (χ2n) is 7.14. The van der Waals surface area contributed by atoms with Gasteiger partial charge in [0, 0.05) is 12.0 Å². The molecular formula is C19H19F7O8S. The number of esters is 2. The highest BCUT2D eigenvalue weighted by atomic mass is 32.2. The van der Waals surface area contributed by atoms with E-state index < -0.39 is 76.0 Å². The van der Waals surface area contributed by atoms with Crippen LogP contribution in [0.4, 0.5) is 30.7 Å². The first-order valence-electron chi connectivity index (χ1n) is 9.29. The minimum Gasteiger partial charge on any atom is -0.421 e. The summed E-state index contributed by atoms with van der Waals surface area (Å²) in [4.78, 5) is 24.3. The molecule has 0 spiro atoms. The summed E-state index contributed by atoms with van der Waals surface area (Å²) in [6, 6.07) is 4.84. The van der Waals surface area contributed by atoms with Crippen LogP contribution in [0, 0.1) is 6.92 Å². The number of rotatable bonds is 11. The van der Waals surface area contributed by atoms with E-state index in [1.807, 2.05) is 0 Å². The lowest BCUT2D eigenvalue weighted by atomic mass is 10.2. The van der Waals surface area contributed by atoms with Gasteiger partial charge in [-0.2, -0.15) is 39.2 Å². The highest BCUT2D eigenvalue weighted by Gasteiger charge is 2.68. The maximum Gasteiger partial charge on any atom is 0.468 e. The predicted octanol–water partition coefficient (Wildman–Crippen LogP) is 4.19. The van der Waals surface area contributed by atoms with E-state index in [1.165, 1.54) is 12.1 Å². The number of carbonyl (C=O) groups is 2. The lowest BCUT2D eigenvalue weighted by molar-refractivity contribution is -0.352. The molecule has 0 aliphatic heterocycles. The molecule has 8 nitrogen and oxygen atoms in total. The Morgan fingerprint density at radius 3 is 1.97 bits per heavy atom. The zero-order valence-electron chi connectivity index (χ0n) is 18.0. The topological polar surface area (TPSA) is 116 Å². The van der Waals surface area contributed by atoms with Crippen LogP contribution in [0.1, 0.15) is 25.3 Å². The first kappa shape index (κ1) is 30.3. The van der Waals surface area contributed by atoms with Crippen molar-refractivity contribution in [1.29, 1.82) is 0 Å². The van der Waals surface area contributed by atoms with Crippen LogP contribution in [0.3, 0.4) is 0 Å². The Hall–Kier alpha value is -2.72. The van der Waals surface area contributed by atoms with Crippen molar-refractivity contribution < 1.29 is 67.5 Å². The third kappa shape index (κ3) is 6.91. The van der Waals surface area contributed by atoms with E-state index in [0.29, 0.717) is 5.56 Å². The fourth-order valence-electron chi connectivity index (χ4n) is 2.23. The number of ether oxygens (including phenoxy) is 3. The molecule has 0 bridgehead atoms. The van der Waals surface area contributed by atoms with Crippen LogP contribution in [0.5, 0.6) is 5.75 Å². The van der Waals surface area contributed by atoms with Gasteiger partial charge in [0.1, 0.15) is 5.75 Å². The van der Waals surface area contributed by atoms with Gasteiger partial charge in [0.25, 0.3) is 0 Å². The van der Waals surface area contributed by atoms with Gasteiger partial charge in [0.05, 0.1) is 6.61 Å². The van der Waals surface area contributed by atoms with Crippen molar-refractivity contribution >= 4 is 22.1 Å². The molecule has 1 atom stereocenters. The standard InChI is InChI=1S/C19H19F7O8S/c1-11(2)14(27)34-17(18(22,23)24,15(28)33-13-7-5-12(3)6-8-13)32-10-4-9-16(20,21)19(25,26)35(29,30)31/h5-8H,1,4,9-10H2,2-3H3,(H,29,30,31). The molecule has 1 unspecified atom stereocenters. The van der Waals surface area contributed by atoms with Crippen molar-refractivity contribution in [3.05, 3.63) is 42.0 Å². The van der Waals surface area contributed by atoms with Crippen molar-refractivity contribution in [1.82, 2.24) is 0 Å². The Morgan fingerprint density at radius 1 is 1.03 bits per heavy atom. The highest BCUT2D eigenvalue weighted by molar-refractivity contribution is 7.87. The van der Waals surface area contributed by atoms with Crippen LogP contribution in [-0.2, 0) is 29.2 Å². The Kier molecular flexibility index (Phi) is 9.09. The molecule has 1 rings (SSSR count). The molecule has 0 saturated heterocycles. The van der Waals surface area contributed by atoms with Crippen LogP contribution in [0.2, 0.25) is 0 Å². The van der Waals surface area contributed by atoms with E-state index in [2.05, 4.69) is 20.8 Å². The quantitative estimate of drug-likeness (QED) is 0.0845. The Labute approximate surface area is 194 Å². The summed E-state index contributed by atoms with van der Waals surface area (Å²) < 4.78 is 138. The van der Waals surface area contributed by atoms with Crippen molar-refractivity contribution in [2.24, 2.45) is 0 Å². The second kappa shape index (κ2) is 10.5. The van der Waals surface area contributed by atoms with Gasteiger partial charge in [0.15, 0.2) is 0 Å². The molecule has 0 heterocycles. The zero-order valence-corrected chi connectivity index (χ0v) is 18.8. The molecular weight excluding hydrogens is 521 g/mol. The lowest BCUT2D eigenvalue weighted by Gasteiger charge is -2.32. The number of alkyl halides is 7. The van der Waals surface area contributed by atoms with Crippen LogP contribution in [-0.4, -0.2) is 54.7 Å². The van der Waals surface area contributed by atoms with Crippen molar-refractivity contribution in [2.75, 3.05) is 6.61 Å². The SMILES string of the molecule is C=C(C)C(=O)OC(OCCCC(F)(F)C(F)(F)S(=O)(=O)O)(C(=O)Oc1ccc(C)cc1)C(F)(F)F. The number of hydrogen-bond donors (Lipinski definition) is 1. The molecule has 16 heteroatoms. The Morgan fingerprint density at radius 2 is 1.54 bits per heavy atom. The molecule has 0 radical (unpaired) electrons. The predicted molar refractivity (Wildman–Crippen MR) is 103 cm³/mol. The van der Waals surface area contributed by atoms with Gasteiger partial charge in [0.2, 0.25) is 0 Å². The van der Waals surface area contributed by atoms with Crippen molar-refractivity contribution in [2.45, 2.75) is 49.8 Å². The zero-order chi connectivity index (χ0) is 27.5. The maximum atomic E-state index is 13.9. The van der Waals surface area contributed by atoms with Crippen molar-refractivity contribution in [3.63, 3.8) is 0 Å². The van der Waals surface area contributed by atoms with E-state index in [0.717, 1.165) is 19.1 Å². The number of carbonyl (C=O) groups excluding carboxylic acids is 2. The van der Waals surface area contributed by atoms with Crippen LogP contribution < -0.4 is 4.74 Å². The van der Waals surface area contributed by atoms with E-state index in [4.69, 9.17) is 4.55 Å². The summed E-state index contributed by atoms with van der Waals surface area (Å²) in [6.45, 7) is 3.97. The third-order valence-corrected chi connectivity index (χ3v) is 5.10. The molecule has 0 aliphatic carbocycles. The van der Waals surface area contributed by atoms with E-state index in [-0.39, 0.29) is 0 Å². The molecule has 35 heavy (non-hydrogen) atoms. The van der Waals surface area contributed by atoms with Gasteiger partial charge in [-0.25, -0.2) is 9.59 Å². The molecule has 1 aromatic carbocycles. The van der Waals surface area contributed by atoms with Gasteiger partial charge in [-0.3, -0.25) is 4.55 Å². The molecule has 0 saturated carbocycles. The summed E-state index contributed by atoms with van der Waals surface area (Å²) in [5.41, 5.74) is -0.0100. The fraction of sp³-hybridized carbons (Fsp3) is 0.474. The number of halogens is 7.